The molecule has 27 heavy (non-hydrogen) atoms. The summed E-state index contributed by atoms with van der Waals surface area (Å²) in [6, 6.07) is 6.02. The molecule has 0 aromatic heterocycles. The number of esters is 1. The number of amides is 1. The highest BCUT2D eigenvalue weighted by molar-refractivity contribution is 14.1. The van der Waals surface area contributed by atoms with Crippen molar-refractivity contribution in [3.63, 3.8) is 0 Å². The minimum atomic E-state index is -0.809. The predicted molar refractivity (Wildman–Crippen MR) is 104 cm³/mol. The van der Waals surface area contributed by atoms with Crippen LogP contribution in [0.4, 0.5) is 8.78 Å². The topological polar surface area (TPSA) is 78.6 Å². The third-order valence-corrected chi connectivity index (χ3v) is 4.11. The smallest absolute Gasteiger partial charge is 0.344 e. The zero-order valence-corrected chi connectivity index (χ0v) is 17.1. The van der Waals surface area contributed by atoms with E-state index in [4.69, 9.17) is 15.2 Å². The van der Waals surface area contributed by atoms with E-state index >= 15 is 0 Å². The van der Waals surface area contributed by atoms with Gasteiger partial charge in [0.25, 0.3) is 5.91 Å². The highest BCUT2D eigenvalue weighted by atomic mass is 127. The van der Waals surface area contributed by atoms with Crippen molar-refractivity contribution in [1.29, 1.82) is 0 Å². The summed E-state index contributed by atoms with van der Waals surface area (Å²) in [5.41, 5.74) is 5.14. The van der Waals surface area contributed by atoms with Crippen LogP contribution in [0, 0.1) is 15.2 Å². The van der Waals surface area contributed by atoms with Crippen LogP contribution in [-0.4, -0.2) is 24.1 Å². The fourth-order valence-corrected chi connectivity index (χ4v) is 3.09. The molecule has 0 heterocycles. The Bertz CT molecular complexity index is 894. The molecular weight excluding hydrogens is 471 g/mol. The molecule has 0 aliphatic carbocycles. The van der Waals surface area contributed by atoms with Gasteiger partial charge in [0, 0.05) is 11.6 Å². The van der Waals surface area contributed by atoms with Gasteiger partial charge in [0.15, 0.2) is 6.61 Å². The monoisotopic (exact) mass is 489 g/mol. The van der Waals surface area contributed by atoms with Crippen molar-refractivity contribution in [2.24, 2.45) is 5.73 Å². The average Bonchev–Trinajstić information content (AvgIpc) is 2.51. The SMILES string of the molecule is CC(C)(C)OC(=O)COc1c(I)cc(-c2ccc(F)cc2F)cc1C(N)=O. The van der Waals surface area contributed by atoms with Gasteiger partial charge < -0.3 is 15.2 Å². The minimum absolute atomic E-state index is 0.0239. The molecule has 1 amide bonds. The van der Waals surface area contributed by atoms with Gasteiger partial charge in [-0.2, -0.15) is 0 Å². The Kier molecular flexibility index (Phi) is 6.40. The molecule has 2 aromatic carbocycles. The molecule has 5 nitrogen and oxygen atoms in total. The maximum absolute atomic E-state index is 14.1. The number of primary amides is 1. The Morgan fingerprint density at radius 3 is 2.37 bits per heavy atom. The normalized spacial score (nSPS) is 11.2. The van der Waals surface area contributed by atoms with E-state index in [1.54, 1.807) is 26.8 Å². The molecule has 144 valence electrons. The van der Waals surface area contributed by atoms with Crippen LogP contribution in [0.5, 0.6) is 5.75 Å². The second-order valence-corrected chi connectivity index (χ2v) is 7.86. The molecule has 0 atom stereocenters. The lowest BCUT2D eigenvalue weighted by molar-refractivity contribution is -0.157. The lowest BCUT2D eigenvalue weighted by Crippen LogP contribution is -2.28. The van der Waals surface area contributed by atoms with E-state index in [1.807, 2.05) is 22.6 Å². The number of halogens is 3. The van der Waals surface area contributed by atoms with Crippen LogP contribution >= 0.6 is 22.6 Å². The van der Waals surface area contributed by atoms with Gasteiger partial charge in [0.05, 0.1) is 9.13 Å². The van der Waals surface area contributed by atoms with Crippen LogP contribution in [0.1, 0.15) is 31.1 Å². The molecule has 2 aromatic rings. The average molecular weight is 489 g/mol. The van der Waals surface area contributed by atoms with Gasteiger partial charge >= 0.3 is 5.97 Å². The summed E-state index contributed by atoms with van der Waals surface area (Å²) >= 11 is 1.88. The lowest BCUT2D eigenvalue weighted by Gasteiger charge is -2.20. The van der Waals surface area contributed by atoms with E-state index in [0.717, 1.165) is 12.1 Å². The zero-order chi connectivity index (χ0) is 20.4. The van der Waals surface area contributed by atoms with Crippen molar-refractivity contribution in [1.82, 2.24) is 0 Å². The van der Waals surface area contributed by atoms with Crippen LogP contribution < -0.4 is 10.5 Å². The zero-order valence-electron chi connectivity index (χ0n) is 14.9. The summed E-state index contributed by atoms with van der Waals surface area (Å²) in [6.07, 6.45) is 0. The molecule has 0 saturated carbocycles. The maximum atomic E-state index is 14.1. The highest BCUT2D eigenvalue weighted by Crippen LogP contribution is 2.33. The van der Waals surface area contributed by atoms with E-state index in [2.05, 4.69) is 0 Å². The van der Waals surface area contributed by atoms with Gasteiger partial charge in [-0.1, -0.05) is 0 Å². The summed E-state index contributed by atoms with van der Waals surface area (Å²) in [7, 11) is 0. The van der Waals surface area contributed by atoms with Gasteiger partial charge in [0.1, 0.15) is 23.0 Å². The lowest BCUT2D eigenvalue weighted by atomic mass is 10.0. The van der Waals surface area contributed by atoms with Crippen molar-refractivity contribution in [2.45, 2.75) is 26.4 Å². The van der Waals surface area contributed by atoms with Gasteiger partial charge in [-0.25, -0.2) is 13.6 Å². The Morgan fingerprint density at radius 2 is 1.81 bits per heavy atom. The number of nitrogens with two attached hydrogens (primary N) is 1. The quantitative estimate of drug-likeness (QED) is 0.508. The summed E-state index contributed by atoms with van der Waals surface area (Å²) in [6.45, 7) is 4.73. The summed E-state index contributed by atoms with van der Waals surface area (Å²) in [5.74, 6) is -2.80. The number of carbonyl (C=O) groups is 2. The van der Waals surface area contributed by atoms with Crippen LogP contribution in [0.15, 0.2) is 30.3 Å². The largest absolute Gasteiger partial charge is 0.480 e. The van der Waals surface area contributed by atoms with Crippen molar-refractivity contribution < 1.29 is 27.8 Å². The molecule has 0 fully saturated rings. The van der Waals surface area contributed by atoms with Gasteiger partial charge in [-0.05, 0) is 73.2 Å². The highest BCUT2D eigenvalue weighted by Gasteiger charge is 2.21. The number of benzene rings is 2. The summed E-state index contributed by atoms with van der Waals surface area (Å²) < 4.78 is 38.2. The number of ether oxygens (including phenoxy) is 2. The first kappa shape index (κ1) is 21.1. The van der Waals surface area contributed by atoms with Crippen LogP contribution in [0.25, 0.3) is 11.1 Å². The maximum Gasteiger partial charge on any atom is 0.344 e. The third-order valence-electron chi connectivity index (χ3n) is 3.31. The number of hydrogen-bond acceptors (Lipinski definition) is 4. The van der Waals surface area contributed by atoms with E-state index < -0.39 is 35.7 Å². The first-order chi connectivity index (χ1) is 12.5. The van der Waals surface area contributed by atoms with Crippen molar-refractivity contribution >= 4 is 34.5 Å². The predicted octanol–water partition coefficient (Wildman–Crippen LogP) is 4.06. The number of hydrogen-bond donors (Lipinski definition) is 1. The Balaban J connectivity index is 2.37. The van der Waals surface area contributed by atoms with Gasteiger partial charge in [0.2, 0.25) is 0 Å². The van der Waals surface area contributed by atoms with E-state index in [1.165, 1.54) is 12.1 Å². The van der Waals surface area contributed by atoms with E-state index in [-0.39, 0.29) is 16.9 Å². The Labute approximate surface area is 169 Å². The second kappa shape index (κ2) is 8.20. The molecule has 2 N–H and O–H groups in total. The standard InChI is InChI=1S/C19H18F2INO4/c1-19(2,3)27-16(24)9-26-17-13(18(23)25)6-10(7-15(17)22)12-5-4-11(20)8-14(12)21/h4-8H,9H2,1-3H3,(H2,23,25). The molecule has 0 bridgehead atoms. The van der Waals surface area contributed by atoms with Crippen molar-refractivity contribution in [2.75, 3.05) is 6.61 Å². The number of rotatable bonds is 5. The summed E-state index contributed by atoms with van der Waals surface area (Å²) in [4.78, 5) is 23.7. The van der Waals surface area contributed by atoms with Crippen LogP contribution in [-0.2, 0) is 9.53 Å². The fourth-order valence-electron chi connectivity index (χ4n) is 2.30. The molecule has 0 radical (unpaired) electrons. The van der Waals surface area contributed by atoms with E-state index in [9.17, 15) is 18.4 Å². The Morgan fingerprint density at radius 1 is 1.15 bits per heavy atom. The van der Waals surface area contributed by atoms with Gasteiger partial charge in [-0.15, -0.1) is 0 Å². The van der Waals surface area contributed by atoms with Gasteiger partial charge in [-0.3, -0.25) is 4.79 Å². The minimum Gasteiger partial charge on any atom is -0.480 e. The molecule has 2 rings (SSSR count). The first-order valence-electron chi connectivity index (χ1n) is 7.91. The molecule has 0 saturated heterocycles. The molecule has 8 heteroatoms. The fraction of sp³-hybridized carbons (Fsp3) is 0.263. The molecule has 0 spiro atoms. The molecule has 0 aliphatic rings. The summed E-state index contributed by atoms with van der Waals surface area (Å²) in [5, 5.41) is 0. The second-order valence-electron chi connectivity index (χ2n) is 6.70. The molecular formula is C19H18F2INO4. The van der Waals surface area contributed by atoms with Crippen LogP contribution in [0.3, 0.4) is 0 Å². The molecule has 0 aliphatic heterocycles. The van der Waals surface area contributed by atoms with Crippen molar-refractivity contribution in [3.05, 3.63) is 51.1 Å². The van der Waals surface area contributed by atoms with Crippen molar-refractivity contribution in [3.8, 4) is 16.9 Å². The third kappa shape index (κ3) is 5.62. The number of carbonyl (C=O) groups excluding carboxylic acids is 2. The Hall–Kier alpha value is -2.23. The van der Waals surface area contributed by atoms with Crippen LogP contribution in [0.2, 0.25) is 0 Å². The molecule has 0 unspecified atom stereocenters. The first-order valence-corrected chi connectivity index (χ1v) is 8.99. The van der Waals surface area contributed by atoms with E-state index in [0.29, 0.717) is 9.13 Å².